The molecule has 142 valence electrons. The third-order valence-electron chi connectivity index (χ3n) is 5.60. The Balaban J connectivity index is 1.37. The molecule has 1 saturated carbocycles. The summed E-state index contributed by atoms with van der Waals surface area (Å²) in [7, 11) is 0. The summed E-state index contributed by atoms with van der Waals surface area (Å²) in [6.45, 7) is 2.25. The molecule has 0 bridgehead atoms. The molecule has 7 heteroatoms. The number of nitrogens with zero attached hydrogens (tertiary/aromatic N) is 2. The van der Waals surface area contributed by atoms with Crippen LogP contribution in [0.1, 0.15) is 44.6 Å². The molecule has 2 heterocycles. The molecule has 3 amide bonds. The lowest BCUT2D eigenvalue weighted by atomic mass is 9.81. The quantitative estimate of drug-likeness (QED) is 0.801. The van der Waals surface area contributed by atoms with Crippen LogP contribution < -0.4 is 5.32 Å². The molecule has 1 aromatic heterocycles. The Morgan fingerprint density at radius 2 is 1.93 bits per heavy atom. The van der Waals surface area contributed by atoms with Crippen molar-refractivity contribution in [2.24, 2.45) is 11.8 Å². The van der Waals surface area contributed by atoms with Gasteiger partial charge in [0, 0.05) is 13.0 Å². The van der Waals surface area contributed by atoms with Crippen LogP contribution in [-0.4, -0.2) is 34.2 Å². The van der Waals surface area contributed by atoms with Crippen molar-refractivity contribution in [2.45, 2.75) is 45.4 Å². The van der Waals surface area contributed by atoms with E-state index in [2.05, 4.69) is 23.3 Å². The van der Waals surface area contributed by atoms with Crippen LogP contribution in [0.15, 0.2) is 18.2 Å². The first-order valence-corrected chi connectivity index (χ1v) is 10.4. The monoisotopic (exact) mass is 385 g/mol. The molecule has 27 heavy (non-hydrogen) atoms. The lowest BCUT2D eigenvalue weighted by molar-refractivity contribution is -0.140. The summed E-state index contributed by atoms with van der Waals surface area (Å²) in [6.07, 6.45) is 4.66. The summed E-state index contributed by atoms with van der Waals surface area (Å²) < 4.78 is 1.04. The van der Waals surface area contributed by atoms with Gasteiger partial charge in [-0.05, 0) is 37.0 Å². The fraction of sp³-hybridized carbons (Fsp3) is 0.500. The number of benzene rings is 1. The highest BCUT2D eigenvalue weighted by molar-refractivity contribution is 7.22. The number of likely N-dealkylation sites (tertiary alicyclic amines) is 1. The zero-order chi connectivity index (χ0) is 19.0. The lowest BCUT2D eigenvalue weighted by Gasteiger charge is -2.19. The Morgan fingerprint density at radius 1 is 1.22 bits per heavy atom. The van der Waals surface area contributed by atoms with Crippen LogP contribution in [-0.2, 0) is 20.8 Å². The van der Waals surface area contributed by atoms with Gasteiger partial charge in [0.1, 0.15) is 0 Å². The number of rotatable bonds is 5. The maximum atomic E-state index is 12.5. The predicted molar refractivity (Wildman–Crippen MR) is 104 cm³/mol. The van der Waals surface area contributed by atoms with Crippen molar-refractivity contribution in [3.05, 3.63) is 23.8 Å². The zero-order valence-electron chi connectivity index (χ0n) is 15.4. The number of hydrogen-bond acceptors (Lipinski definition) is 5. The van der Waals surface area contributed by atoms with Crippen LogP contribution >= 0.6 is 11.3 Å². The molecule has 1 aromatic carbocycles. The Kier molecular flexibility index (Phi) is 4.95. The third-order valence-corrected chi connectivity index (χ3v) is 6.54. The second-order valence-electron chi connectivity index (χ2n) is 7.30. The number of aromatic nitrogens is 1. The first-order chi connectivity index (χ1) is 13.1. The van der Waals surface area contributed by atoms with E-state index in [1.54, 1.807) is 0 Å². The van der Waals surface area contributed by atoms with Gasteiger partial charge in [0.05, 0.1) is 22.1 Å². The van der Waals surface area contributed by atoms with E-state index in [4.69, 9.17) is 0 Å². The van der Waals surface area contributed by atoms with Crippen molar-refractivity contribution < 1.29 is 14.4 Å². The minimum atomic E-state index is -0.222. The first-order valence-electron chi connectivity index (χ1n) is 9.61. The summed E-state index contributed by atoms with van der Waals surface area (Å²) in [5, 5.41) is 3.36. The molecule has 2 aromatic rings. The second-order valence-corrected chi connectivity index (χ2v) is 8.33. The van der Waals surface area contributed by atoms with E-state index in [0.29, 0.717) is 5.13 Å². The molecule has 1 aliphatic heterocycles. The van der Waals surface area contributed by atoms with Gasteiger partial charge in [-0.2, -0.15) is 0 Å². The molecule has 0 spiro atoms. The highest BCUT2D eigenvalue weighted by Crippen LogP contribution is 2.38. The summed E-state index contributed by atoms with van der Waals surface area (Å²) in [5.41, 5.74) is 2.10. The number of anilines is 1. The molecule has 2 fully saturated rings. The maximum absolute atomic E-state index is 12.5. The van der Waals surface area contributed by atoms with Gasteiger partial charge in [0.25, 0.3) is 0 Å². The largest absolute Gasteiger partial charge is 0.302 e. The van der Waals surface area contributed by atoms with E-state index in [-0.39, 0.29) is 42.5 Å². The minimum Gasteiger partial charge on any atom is -0.302 e. The number of hydrogen-bond donors (Lipinski definition) is 1. The van der Waals surface area contributed by atoms with E-state index in [9.17, 15) is 14.4 Å². The first kappa shape index (κ1) is 18.1. The van der Waals surface area contributed by atoms with Crippen LogP contribution in [0, 0.1) is 11.8 Å². The van der Waals surface area contributed by atoms with Gasteiger partial charge in [-0.3, -0.25) is 19.3 Å². The van der Waals surface area contributed by atoms with Gasteiger partial charge in [-0.25, -0.2) is 4.98 Å². The number of thiazole rings is 1. The summed E-state index contributed by atoms with van der Waals surface area (Å²) in [4.78, 5) is 43.0. The summed E-state index contributed by atoms with van der Waals surface area (Å²) in [6, 6.07) is 6.09. The van der Waals surface area contributed by atoms with Crippen LogP contribution in [0.4, 0.5) is 5.13 Å². The van der Waals surface area contributed by atoms with Gasteiger partial charge in [-0.15, -0.1) is 0 Å². The van der Waals surface area contributed by atoms with Gasteiger partial charge >= 0.3 is 0 Å². The van der Waals surface area contributed by atoms with E-state index in [1.807, 2.05) is 12.1 Å². The van der Waals surface area contributed by atoms with Gasteiger partial charge in [0.2, 0.25) is 17.7 Å². The number of imide groups is 1. The highest BCUT2D eigenvalue weighted by Gasteiger charge is 2.47. The Labute approximate surface area is 161 Å². The molecule has 1 aliphatic carbocycles. The van der Waals surface area contributed by atoms with E-state index >= 15 is 0 Å². The lowest BCUT2D eigenvalue weighted by Crippen LogP contribution is -2.34. The summed E-state index contributed by atoms with van der Waals surface area (Å²) in [5.74, 6) is -0.730. The number of fused-ring (bicyclic) bond motifs is 2. The number of carbonyl (C=O) groups excluding carboxylic acids is 3. The Hall–Kier alpha value is -2.28. The standard InChI is InChI=1S/C20H23N3O3S/c1-2-12-7-8-15-16(11-12)27-20(21-15)22-17(24)9-10-23-18(25)13-5-3-4-6-14(13)19(23)26/h7-8,11,13-14H,2-6,9-10H2,1H3,(H,21,22,24)/t13-,14-/m0/s1. The fourth-order valence-electron chi connectivity index (χ4n) is 4.09. The van der Waals surface area contributed by atoms with Gasteiger partial charge < -0.3 is 5.32 Å². The van der Waals surface area contributed by atoms with Crippen molar-refractivity contribution in [2.75, 3.05) is 11.9 Å². The minimum absolute atomic E-state index is 0.0930. The maximum Gasteiger partial charge on any atom is 0.233 e. The molecule has 2 atom stereocenters. The molecule has 2 aliphatic rings. The van der Waals surface area contributed by atoms with Crippen LogP contribution in [0.3, 0.4) is 0 Å². The smallest absolute Gasteiger partial charge is 0.233 e. The normalized spacial score (nSPS) is 22.3. The topological polar surface area (TPSA) is 79.4 Å². The van der Waals surface area contributed by atoms with E-state index in [0.717, 1.165) is 42.3 Å². The number of nitrogens with one attached hydrogen (secondary N) is 1. The molecule has 0 unspecified atom stereocenters. The van der Waals surface area contributed by atoms with Crippen molar-refractivity contribution in [1.82, 2.24) is 9.88 Å². The van der Waals surface area contributed by atoms with Crippen LogP contribution in [0.2, 0.25) is 0 Å². The van der Waals surface area contributed by atoms with Crippen LogP contribution in [0.5, 0.6) is 0 Å². The van der Waals surface area contributed by atoms with Crippen molar-refractivity contribution in [3.63, 3.8) is 0 Å². The molecular formula is C20H23N3O3S. The molecular weight excluding hydrogens is 362 g/mol. The third kappa shape index (κ3) is 3.48. The van der Waals surface area contributed by atoms with E-state index in [1.165, 1.54) is 21.8 Å². The second kappa shape index (κ2) is 7.38. The van der Waals surface area contributed by atoms with Crippen molar-refractivity contribution in [3.8, 4) is 0 Å². The van der Waals surface area contributed by atoms with Crippen molar-refractivity contribution in [1.29, 1.82) is 0 Å². The molecule has 1 N–H and O–H groups in total. The number of carbonyl (C=O) groups is 3. The molecule has 0 radical (unpaired) electrons. The zero-order valence-corrected chi connectivity index (χ0v) is 16.2. The van der Waals surface area contributed by atoms with Crippen LogP contribution in [0.25, 0.3) is 10.2 Å². The van der Waals surface area contributed by atoms with Crippen molar-refractivity contribution >= 4 is 44.4 Å². The van der Waals surface area contributed by atoms with Gasteiger partial charge in [-0.1, -0.05) is 37.2 Å². The molecule has 1 saturated heterocycles. The SMILES string of the molecule is CCc1ccc2nc(NC(=O)CCN3C(=O)[C@H]4CCCC[C@@H]4C3=O)sc2c1. The fourth-order valence-corrected chi connectivity index (χ4v) is 5.03. The number of aryl methyl sites for hydroxylation is 1. The van der Waals surface area contributed by atoms with Gasteiger partial charge in [0.15, 0.2) is 5.13 Å². The van der Waals surface area contributed by atoms with E-state index < -0.39 is 0 Å². The molecule has 6 nitrogen and oxygen atoms in total. The summed E-state index contributed by atoms with van der Waals surface area (Å²) >= 11 is 1.44. The Bertz CT molecular complexity index is 883. The predicted octanol–water partition coefficient (Wildman–Crippen LogP) is 3.36. The highest BCUT2D eigenvalue weighted by atomic mass is 32.1. The molecule has 4 rings (SSSR count). The number of amides is 3. The average molecular weight is 385 g/mol. The Morgan fingerprint density at radius 3 is 2.59 bits per heavy atom. The average Bonchev–Trinajstić information content (AvgIpc) is 3.18.